The van der Waals surface area contributed by atoms with Gasteiger partial charge in [0, 0.05) is 55.9 Å². The molecule has 1 saturated carbocycles. The molecule has 1 aromatic heterocycles. The fourth-order valence-electron chi connectivity index (χ4n) is 4.06. The average molecular weight is 425 g/mol. The SMILES string of the molecule is O=C(c1ccc(N2C(=O)CCC2=O)cc1)N1CCN(Cc2nc(C3CC3)cs2)CC1. The van der Waals surface area contributed by atoms with Crippen molar-refractivity contribution in [3.05, 3.63) is 45.9 Å². The Morgan fingerprint density at radius 1 is 1.00 bits per heavy atom. The van der Waals surface area contributed by atoms with Gasteiger partial charge >= 0.3 is 0 Å². The maximum absolute atomic E-state index is 12.9. The van der Waals surface area contributed by atoms with Crippen molar-refractivity contribution in [3.8, 4) is 0 Å². The molecule has 2 aliphatic heterocycles. The standard InChI is InChI=1S/C22H24N4O3S/c27-20-7-8-21(28)26(20)17-5-3-16(4-6-17)22(29)25-11-9-24(10-12-25)13-19-23-18(14-30-19)15-1-2-15/h3-6,14-15H,1-2,7-13H2. The lowest BCUT2D eigenvalue weighted by atomic mass is 10.1. The Kier molecular flexibility index (Phi) is 5.12. The highest BCUT2D eigenvalue weighted by Crippen LogP contribution is 2.40. The zero-order valence-electron chi connectivity index (χ0n) is 16.7. The van der Waals surface area contributed by atoms with Gasteiger partial charge in [-0.1, -0.05) is 0 Å². The zero-order valence-corrected chi connectivity index (χ0v) is 17.6. The summed E-state index contributed by atoms with van der Waals surface area (Å²) < 4.78 is 0. The molecule has 156 valence electrons. The Bertz CT molecular complexity index is 959. The lowest BCUT2D eigenvalue weighted by Crippen LogP contribution is -2.48. The molecule has 3 heterocycles. The van der Waals surface area contributed by atoms with Crippen molar-refractivity contribution >= 4 is 34.7 Å². The molecule has 1 aromatic carbocycles. The molecule has 2 aromatic rings. The molecular formula is C22H24N4O3S. The number of aromatic nitrogens is 1. The average Bonchev–Trinajstić information content (AvgIpc) is 3.42. The van der Waals surface area contributed by atoms with E-state index in [0.29, 0.717) is 30.3 Å². The molecule has 3 fully saturated rings. The summed E-state index contributed by atoms with van der Waals surface area (Å²) >= 11 is 1.74. The number of amides is 3. The number of anilines is 1. The van der Waals surface area contributed by atoms with Gasteiger partial charge in [-0.15, -0.1) is 11.3 Å². The second kappa shape index (κ2) is 7.92. The van der Waals surface area contributed by atoms with Gasteiger partial charge in [-0.2, -0.15) is 0 Å². The first-order valence-electron chi connectivity index (χ1n) is 10.5. The molecule has 3 amide bonds. The summed E-state index contributed by atoms with van der Waals surface area (Å²) in [5.74, 6) is 0.322. The molecule has 0 N–H and O–H groups in total. The molecule has 2 saturated heterocycles. The highest BCUT2D eigenvalue weighted by Gasteiger charge is 2.31. The van der Waals surface area contributed by atoms with Crippen LogP contribution in [0.5, 0.6) is 0 Å². The minimum Gasteiger partial charge on any atom is -0.336 e. The Labute approximate surface area is 179 Å². The number of nitrogens with zero attached hydrogens (tertiary/aromatic N) is 4. The van der Waals surface area contributed by atoms with Crippen LogP contribution in [0.2, 0.25) is 0 Å². The minimum absolute atomic E-state index is 0.00876. The Morgan fingerprint density at radius 2 is 1.67 bits per heavy atom. The summed E-state index contributed by atoms with van der Waals surface area (Å²) in [5.41, 5.74) is 2.38. The zero-order chi connectivity index (χ0) is 20.7. The minimum atomic E-state index is -0.181. The second-order valence-corrected chi connectivity index (χ2v) is 9.12. The molecule has 8 heteroatoms. The number of imide groups is 1. The summed E-state index contributed by atoms with van der Waals surface area (Å²) in [5, 5.41) is 3.36. The van der Waals surface area contributed by atoms with Gasteiger partial charge in [0.2, 0.25) is 11.8 Å². The predicted octanol–water partition coefficient (Wildman–Crippen LogP) is 2.63. The largest absolute Gasteiger partial charge is 0.336 e. The molecule has 0 radical (unpaired) electrons. The van der Waals surface area contributed by atoms with Gasteiger partial charge in [0.05, 0.1) is 17.9 Å². The normalized spacial score (nSPS) is 20.3. The van der Waals surface area contributed by atoms with Crippen LogP contribution in [0.1, 0.15) is 52.7 Å². The summed E-state index contributed by atoms with van der Waals surface area (Å²) in [4.78, 5) is 46.8. The topological polar surface area (TPSA) is 73.8 Å². The number of benzene rings is 1. The first kappa shape index (κ1) is 19.4. The van der Waals surface area contributed by atoms with E-state index < -0.39 is 0 Å². The smallest absolute Gasteiger partial charge is 0.253 e. The summed E-state index contributed by atoms with van der Waals surface area (Å²) in [6.45, 7) is 3.89. The summed E-state index contributed by atoms with van der Waals surface area (Å²) in [6.07, 6.45) is 3.06. The van der Waals surface area contributed by atoms with Crippen LogP contribution in [0.25, 0.3) is 0 Å². The van der Waals surface area contributed by atoms with E-state index in [1.165, 1.54) is 28.4 Å². The molecule has 3 aliphatic rings. The van der Waals surface area contributed by atoms with E-state index in [-0.39, 0.29) is 30.6 Å². The molecule has 0 bridgehead atoms. The van der Waals surface area contributed by atoms with Crippen molar-refractivity contribution in [2.45, 2.75) is 38.1 Å². The van der Waals surface area contributed by atoms with Gasteiger partial charge in [-0.3, -0.25) is 24.2 Å². The third kappa shape index (κ3) is 3.89. The maximum atomic E-state index is 12.9. The molecule has 7 nitrogen and oxygen atoms in total. The highest BCUT2D eigenvalue weighted by atomic mass is 32.1. The quantitative estimate of drug-likeness (QED) is 0.690. The monoisotopic (exact) mass is 424 g/mol. The van der Waals surface area contributed by atoms with Gasteiger partial charge in [0.15, 0.2) is 0 Å². The van der Waals surface area contributed by atoms with Crippen LogP contribution >= 0.6 is 11.3 Å². The first-order valence-corrected chi connectivity index (χ1v) is 11.4. The van der Waals surface area contributed by atoms with Gasteiger partial charge < -0.3 is 4.90 Å². The van der Waals surface area contributed by atoms with Crippen LogP contribution in [-0.2, 0) is 16.1 Å². The molecule has 30 heavy (non-hydrogen) atoms. The third-order valence-electron chi connectivity index (χ3n) is 6.01. The van der Waals surface area contributed by atoms with Crippen LogP contribution < -0.4 is 4.90 Å². The Morgan fingerprint density at radius 3 is 2.30 bits per heavy atom. The molecule has 5 rings (SSSR count). The van der Waals surface area contributed by atoms with Crippen LogP contribution in [-0.4, -0.2) is 58.7 Å². The number of thiazole rings is 1. The van der Waals surface area contributed by atoms with E-state index in [2.05, 4.69) is 10.3 Å². The Hall–Kier alpha value is -2.58. The lowest BCUT2D eigenvalue weighted by molar-refractivity contribution is -0.121. The molecular weight excluding hydrogens is 400 g/mol. The van der Waals surface area contributed by atoms with Crippen LogP contribution in [0, 0.1) is 0 Å². The van der Waals surface area contributed by atoms with E-state index in [0.717, 1.165) is 19.6 Å². The van der Waals surface area contributed by atoms with E-state index in [1.807, 2.05) is 4.90 Å². The van der Waals surface area contributed by atoms with Crippen molar-refractivity contribution < 1.29 is 14.4 Å². The van der Waals surface area contributed by atoms with E-state index in [9.17, 15) is 14.4 Å². The van der Waals surface area contributed by atoms with Gasteiger partial charge in [0.25, 0.3) is 5.91 Å². The molecule has 0 unspecified atom stereocenters. The van der Waals surface area contributed by atoms with Crippen molar-refractivity contribution in [3.63, 3.8) is 0 Å². The summed E-state index contributed by atoms with van der Waals surface area (Å²) in [7, 11) is 0. The van der Waals surface area contributed by atoms with Crippen LogP contribution in [0.15, 0.2) is 29.6 Å². The Balaban J connectivity index is 1.16. The highest BCUT2D eigenvalue weighted by molar-refractivity contribution is 7.09. The van der Waals surface area contributed by atoms with E-state index in [4.69, 9.17) is 4.98 Å². The van der Waals surface area contributed by atoms with Gasteiger partial charge in [0.1, 0.15) is 5.01 Å². The van der Waals surface area contributed by atoms with Crippen molar-refractivity contribution in [2.75, 3.05) is 31.1 Å². The summed E-state index contributed by atoms with van der Waals surface area (Å²) in [6, 6.07) is 6.78. The van der Waals surface area contributed by atoms with Crippen LogP contribution in [0.4, 0.5) is 5.69 Å². The fraction of sp³-hybridized carbons (Fsp3) is 0.455. The van der Waals surface area contributed by atoms with E-state index >= 15 is 0 Å². The van der Waals surface area contributed by atoms with E-state index in [1.54, 1.807) is 35.6 Å². The number of hydrogen-bond donors (Lipinski definition) is 0. The van der Waals surface area contributed by atoms with Crippen molar-refractivity contribution in [1.82, 2.24) is 14.8 Å². The molecule has 1 aliphatic carbocycles. The van der Waals surface area contributed by atoms with Crippen LogP contribution in [0.3, 0.4) is 0 Å². The number of piperazine rings is 1. The van der Waals surface area contributed by atoms with Crippen molar-refractivity contribution in [2.24, 2.45) is 0 Å². The number of rotatable bonds is 5. The van der Waals surface area contributed by atoms with Gasteiger partial charge in [-0.25, -0.2) is 4.98 Å². The maximum Gasteiger partial charge on any atom is 0.253 e. The number of hydrogen-bond acceptors (Lipinski definition) is 6. The van der Waals surface area contributed by atoms with Crippen molar-refractivity contribution in [1.29, 1.82) is 0 Å². The lowest BCUT2D eigenvalue weighted by Gasteiger charge is -2.34. The fourth-order valence-corrected chi connectivity index (χ4v) is 4.98. The predicted molar refractivity (Wildman–Crippen MR) is 113 cm³/mol. The first-order chi connectivity index (χ1) is 14.6. The van der Waals surface area contributed by atoms with Gasteiger partial charge in [-0.05, 0) is 37.1 Å². The molecule has 0 spiro atoms. The number of carbonyl (C=O) groups is 3. The number of carbonyl (C=O) groups excluding carboxylic acids is 3. The molecule has 0 atom stereocenters. The second-order valence-electron chi connectivity index (χ2n) is 8.18. The third-order valence-corrected chi connectivity index (χ3v) is 6.86.